The molecule has 0 radical (unpaired) electrons. The number of carbonyl (C=O) groups is 1. The summed E-state index contributed by atoms with van der Waals surface area (Å²) in [4.78, 5) is 19.5. The second-order valence-electron chi connectivity index (χ2n) is 6.68. The van der Waals surface area contributed by atoms with Crippen LogP contribution in [0.1, 0.15) is 27.2 Å². The molecule has 1 aliphatic rings. The number of fused-ring (bicyclic) bond motifs is 1. The van der Waals surface area contributed by atoms with Crippen LogP contribution in [-0.2, 0) is 6.42 Å². The molecule has 1 aliphatic heterocycles. The Kier molecular flexibility index (Phi) is 4.17. The lowest BCUT2D eigenvalue weighted by molar-refractivity contribution is 0.102. The van der Waals surface area contributed by atoms with Crippen LogP contribution >= 0.6 is 0 Å². The number of benzene rings is 2. The van der Waals surface area contributed by atoms with Gasteiger partial charge in [0.25, 0.3) is 5.91 Å². The number of nitrogens with zero attached hydrogens (tertiary/aromatic N) is 2. The van der Waals surface area contributed by atoms with E-state index in [1.807, 2.05) is 50.2 Å². The van der Waals surface area contributed by atoms with Gasteiger partial charge < -0.3 is 10.2 Å². The van der Waals surface area contributed by atoms with E-state index < -0.39 is 0 Å². The molecule has 4 nitrogen and oxygen atoms in total. The third-order valence-electron chi connectivity index (χ3n) is 4.77. The molecular formula is C22H21N3O. The van der Waals surface area contributed by atoms with Crippen molar-refractivity contribution in [3.05, 3.63) is 83.0 Å². The van der Waals surface area contributed by atoms with Gasteiger partial charge in [-0.2, -0.15) is 0 Å². The number of para-hydroxylation sites is 1. The smallest absolute Gasteiger partial charge is 0.274 e. The normalized spacial score (nSPS) is 12.8. The first-order valence-electron chi connectivity index (χ1n) is 8.83. The highest BCUT2D eigenvalue weighted by molar-refractivity contribution is 6.03. The van der Waals surface area contributed by atoms with Crippen LogP contribution in [0.4, 0.5) is 17.2 Å². The van der Waals surface area contributed by atoms with E-state index in [4.69, 9.17) is 0 Å². The van der Waals surface area contributed by atoms with E-state index in [2.05, 4.69) is 33.4 Å². The van der Waals surface area contributed by atoms with Crippen LogP contribution in [0, 0.1) is 13.8 Å². The van der Waals surface area contributed by atoms with Crippen LogP contribution in [0.25, 0.3) is 0 Å². The lowest BCUT2D eigenvalue weighted by atomic mass is 10.1. The number of hydrogen-bond donors (Lipinski definition) is 1. The Morgan fingerprint density at radius 3 is 2.77 bits per heavy atom. The van der Waals surface area contributed by atoms with Gasteiger partial charge in [0, 0.05) is 17.9 Å². The molecule has 1 aromatic heterocycles. The summed E-state index contributed by atoms with van der Waals surface area (Å²) >= 11 is 0. The van der Waals surface area contributed by atoms with Crippen LogP contribution < -0.4 is 10.2 Å². The number of anilines is 3. The molecule has 0 atom stereocenters. The molecule has 0 saturated heterocycles. The van der Waals surface area contributed by atoms with Crippen molar-refractivity contribution in [1.29, 1.82) is 0 Å². The zero-order valence-electron chi connectivity index (χ0n) is 15.0. The standard InChI is InChI=1S/C22H21N3O/c1-15-10-11-16(2)19(14-15)24-22(26)18-7-5-9-21(23-18)25-13-12-17-6-3-4-8-20(17)25/h3-11,14H,12-13H2,1-2H3,(H,24,26). The molecule has 0 unspecified atom stereocenters. The highest BCUT2D eigenvalue weighted by Crippen LogP contribution is 2.33. The van der Waals surface area contributed by atoms with E-state index in [-0.39, 0.29) is 5.91 Å². The Hall–Kier alpha value is -3.14. The molecule has 1 amide bonds. The highest BCUT2D eigenvalue weighted by Gasteiger charge is 2.21. The van der Waals surface area contributed by atoms with Crippen LogP contribution in [0.2, 0.25) is 0 Å². The molecule has 130 valence electrons. The fourth-order valence-corrected chi connectivity index (χ4v) is 3.33. The van der Waals surface area contributed by atoms with Gasteiger partial charge >= 0.3 is 0 Å². The van der Waals surface area contributed by atoms with Crippen LogP contribution in [0.3, 0.4) is 0 Å². The molecular weight excluding hydrogens is 322 g/mol. The summed E-state index contributed by atoms with van der Waals surface area (Å²) in [5.41, 5.74) is 5.89. The summed E-state index contributed by atoms with van der Waals surface area (Å²) in [7, 11) is 0. The average Bonchev–Trinajstić information content (AvgIpc) is 3.09. The fraction of sp³-hybridized carbons (Fsp3) is 0.182. The molecule has 26 heavy (non-hydrogen) atoms. The van der Waals surface area contributed by atoms with Gasteiger partial charge in [0.15, 0.2) is 0 Å². The molecule has 4 heteroatoms. The predicted molar refractivity (Wildman–Crippen MR) is 105 cm³/mol. The van der Waals surface area contributed by atoms with Gasteiger partial charge in [0.1, 0.15) is 11.5 Å². The number of pyridine rings is 1. The summed E-state index contributed by atoms with van der Waals surface area (Å²) in [5.74, 6) is 0.622. The van der Waals surface area contributed by atoms with Gasteiger partial charge in [0.05, 0.1) is 0 Å². The average molecular weight is 343 g/mol. The Morgan fingerprint density at radius 2 is 1.88 bits per heavy atom. The largest absolute Gasteiger partial charge is 0.326 e. The van der Waals surface area contributed by atoms with E-state index >= 15 is 0 Å². The highest BCUT2D eigenvalue weighted by atomic mass is 16.1. The summed E-state index contributed by atoms with van der Waals surface area (Å²) in [6.07, 6.45) is 0.997. The molecule has 2 heterocycles. The number of carbonyl (C=O) groups excluding carboxylic acids is 1. The van der Waals surface area contributed by atoms with Crippen molar-refractivity contribution < 1.29 is 4.79 Å². The monoisotopic (exact) mass is 343 g/mol. The Bertz CT molecular complexity index is 981. The number of aryl methyl sites for hydroxylation is 2. The minimum absolute atomic E-state index is 0.187. The Balaban J connectivity index is 1.60. The maximum absolute atomic E-state index is 12.7. The van der Waals surface area contributed by atoms with Gasteiger partial charge in [-0.1, -0.05) is 36.4 Å². The lowest BCUT2D eigenvalue weighted by Gasteiger charge is -2.19. The van der Waals surface area contributed by atoms with Crippen molar-refractivity contribution in [2.45, 2.75) is 20.3 Å². The number of rotatable bonds is 3. The molecule has 1 N–H and O–H groups in total. The topological polar surface area (TPSA) is 45.2 Å². The third-order valence-corrected chi connectivity index (χ3v) is 4.77. The summed E-state index contributed by atoms with van der Waals surface area (Å²) in [6, 6.07) is 20.0. The Labute approximate surface area is 153 Å². The van der Waals surface area contributed by atoms with Crippen LogP contribution in [0.5, 0.6) is 0 Å². The molecule has 0 aliphatic carbocycles. The van der Waals surface area contributed by atoms with E-state index in [0.717, 1.165) is 35.6 Å². The van der Waals surface area contributed by atoms with Gasteiger partial charge in [-0.3, -0.25) is 4.79 Å². The number of nitrogens with one attached hydrogen (secondary N) is 1. The van der Waals surface area contributed by atoms with Crippen LogP contribution in [-0.4, -0.2) is 17.4 Å². The molecule has 0 fully saturated rings. The first-order chi connectivity index (χ1) is 12.6. The van der Waals surface area contributed by atoms with Crippen molar-refractivity contribution in [2.75, 3.05) is 16.8 Å². The SMILES string of the molecule is Cc1ccc(C)c(NC(=O)c2cccc(N3CCc4ccccc43)n2)c1. The predicted octanol–water partition coefficient (Wildman–Crippen LogP) is 4.64. The van der Waals surface area contributed by atoms with Gasteiger partial charge in [-0.25, -0.2) is 4.98 Å². The molecule has 3 aromatic rings. The zero-order valence-corrected chi connectivity index (χ0v) is 15.0. The number of hydrogen-bond acceptors (Lipinski definition) is 3. The molecule has 0 spiro atoms. The second kappa shape index (κ2) is 6.64. The van der Waals surface area contributed by atoms with E-state index in [1.165, 1.54) is 11.3 Å². The van der Waals surface area contributed by atoms with Crippen LogP contribution in [0.15, 0.2) is 60.7 Å². The fourth-order valence-electron chi connectivity index (χ4n) is 3.33. The van der Waals surface area contributed by atoms with Crippen molar-refractivity contribution in [3.63, 3.8) is 0 Å². The van der Waals surface area contributed by atoms with Crippen molar-refractivity contribution in [2.24, 2.45) is 0 Å². The molecule has 2 aromatic carbocycles. The van der Waals surface area contributed by atoms with Gasteiger partial charge in [-0.05, 0) is 61.2 Å². The zero-order chi connectivity index (χ0) is 18.1. The lowest BCUT2D eigenvalue weighted by Crippen LogP contribution is -2.19. The summed E-state index contributed by atoms with van der Waals surface area (Å²) in [6.45, 7) is 4.88. The quantitative estimate of drug-likeness (QED) is 0.753. The maximum Gasteiger partial charge on any atom is 0.274 e. The first-order valence-corrected chi connectivity index (χ1v) is 8.83. The number of amides is 1. The number of aromatic nitrogens is 1. The Morgan fingerprint density at radius 1 is 1.04 bits per heavy atom. The third kappa shape index (κ3) is 3.06. The minimum Gasteiger partial charge on any atom is -0.326 e. The molecule has 0 saturated carbocycles. The molecule has 0 bridgehead atoms. The van der Waals surface area contributed by atoms with Crippen molar-refractivity contribution >= 4 is 23.1 Å². The first kappa shape index (κ1) is 16.3. The van der Waals surface area contributed by atoms with E-state index in [1.54, 1.807) is 6.07 Å². The molecule has 4 rings (SSSR count). The van der Waals surface area contributed by atoms with E-state index in [9.17, 15) is 4.79 Å². The summed E-state index contributed by atoms with van der Waals surface area (Å²) in [5, 5.41) is 2.98. The summed E-state index contributed by atoms with van der Waals surface area (Å²) < 4.78 is 0. The van der Waals surface area contributed by atoms with Gasteiger partial charge in [0.2, 0.25) is 0 Å². The maximum atomic E-state index is 12.7. The second-order valence-corrected chi connectivity index (χ2v) is 6.68. The van der Waals surface area contributed by atoms with Gasteiger partial charge in [-0.15, -0.1) is 0 Å². The minimum atomic E-state index is -0.187. The van der Waals surface area contributed by atoms with Crippen molar-refractivity contribution in [1.82, 2.24) is 4.98 Å². The van der Waals surface area contributed by atoms with Crippen molar-refractivity contribution in [3.8, 4) is 0 Å². The van der Waals surface area contributed by atoms with E-state index in [0.29, 0.717) is 5.69 Å².